The van der Waals surface area contributed by atoms with Gasteiger partial charge in [0.25, 0.3) is 0 Å². The van der Waals surface area contributed by atoms with E-state index in [-0.39, 0.29) is 11.8 Å². The zero-order valence-corrected chi connectivity index (χ0v) is 7.69. The van der Waals surface area contributed by atoms with E-state index in [9.17, 15) is 19.8 Å². The van der Waals surface area contributed by atoms with Crippen LogP contribution < -0.4 is 0 Å². The molecular weight excluding hydrogens is 184 g/mol. The Balaban J connectivity index is 2.10. The predicted molar refractivity (Wildman–Crippen MR) is 45.6 cm³/mol. The summed E-state index contributed by atoms with van der Waals surface area (Å²) in [5, 5.41) is 18.4. The minimum absolute atomic E-state index is 0.126. The molecule has 0 heterocycles. The van der Waals surface area contributed by atoms with Crippen LogP contribution in [0.25, 0.3) is 0 Å². The summed E-state index contributed by atoms with van der Waals surface area (Å²) >= 11 is 0. The van der Waals surface area contributed by atoms with E-state index in [0.29, 0.717) is 6.42 Å². The Morgan fingerprint density at radius 3 is 1.79 bits per heavy atom. The van der Waals surface area contributed by atoms with Gasteiger partial charge >= 0.3 is 11.9 Å². The zero-order valence-electron chi connectivity index (χ0n) is 7.69. The monoisotopic (exact) mass is 196 g/mol. The van der Waals surface area contributed by atoms with Crippen LogP contribution in [0.3, 0.4) is 0 Å². The molecule has 4 atom stereocenters. The predicted octanol–water partition coefficient (Wildman–Crippen LogP) is 0.962. The van der Waals surface area contributed by atoms with Gasteiger partial charge in [-0.25, -0.2) is 0 Å². The van der Waals surface area contributed by atoms with Crippen LogP contribution in [-0.4, -0.2) is 22.2 Å². The van der Waals surface area contributed by atoms with E-state index in [1.54, 1.807) is 0 Å². The molecule has 0 spiro atoms. The van der Waals surface area contributed by atoms with Gasteiger partial charge in [-0.1, -0.05) is 0 Å². The summed E-state index contributed by atoms with van der Waals surface area (Å²) in [5.41, 5.74) is -1.77. The maximum absolute atomic E-state index is 11.2. The second-order valence-corrected chi connectivity index (χ2v) is 4.94. The standard InChI is InChI=1S/C10H12O4/c11-7(12)9-4-10(9,8(13)14)6-2-1-5(9)3-6/h5-6H,1-4H2,(H,11,12)(H,13,14)/t5-,6+,9+,10-. The summed E-state index contributed by atoms with van der Waals surface area (Å²) in [7, 11) is 0. The third-order valence-electron chi connectivity index (χ3n) is 4.82. The highest BCUT2D eigenvalue weighted by Crippen LogP contribution is 2.82. The summed E-state index contributed by atoms with van der Waals surface area (Å²) in [4.78, 5) is 22.4. The first-order valence-corrected chi connectivity index (χ1v) is 5.02. The molecule has 3 aliphatic carbocycles. The van der Waals surface area contributed by atoms with E-state index < -0.39 is 22.8 Å². The summed E-state index contributed by atoms with van der Waals surface area (Å²) < 4.78 is 0. The average molecular weight is 196 g/mol. The lowest BCUT2D eigenvalue weighted by atomic mass is 9.79. The van der Waals surface area contributed by atoms with Crippen molar-refractivity contribution in [2.45, 2.75) is 25.7 Å². The molecule has 0 aromatic carbocycles. The summed E-state index contributed by atoms with van der Waals surface area (Å²) in [6, 6.07) is 0. The highest BCUT2D eigenvalue weighted by molar-refractivity contribution is 5.95. The van der Waals surface area contributed by atoms with E-state index in [1.165, 1.54) is 0 Å². The number of carboxylic acid groups (broad SMARTS) is 2. The molecule has 0 aromatic heterocycles. The third-order valence-corrected chi connectivity index (χ3v) is 4.82. The molecular formula is C10H12O4. The highest BCUT2D eigenvalue weighted by Gasteiger charge is 2.87. The third kappa shape index (κ3) is 0.535. The molecule has 0 amide bonds. The van der Waals surface area contributed by atoms with Crippen molar-refractivity contribution in [3.05, 3.63) is 0 Å². The quantitative estimate of drug-likeness (QED) is 0.689. The van der Waals surface area contributed by atoms with Gasteiger partial charge in [-0.3, -0.25) is 9.59 Å². The van der Waals surface area contributed by atoms with Crippen LogP contribution in [0.15, 0.2) is 0 Å². The lowest BCUT2D eigenvalue weighted by molar-refractivity contribution is -0.156. The number of rotatable bonds is 2. The van der Waals surface area contributed by atoms with Gasteiger partial charge in [-0.2, -0.15) is 0 Å². The number of aliphatic carboxylic acids is 2. The number of carbonyl (C=O) groups is 2. The molecule has 0 radical (unpaired) electrons. The molecule has 3 fully saturated rings. The van der Waals surface area contributed by atoms with Crippen LogP contribution in [0.4, 0.5) is 0 Å². The fraction of sp³-hybridized carbons (Fsp3) is 0.800. The summed E-state index contributed by atoms with van der Waals surface area (Å²) in [6.45, 7) is 0. The number of hydrogen-bond acceptors (Lipinski definition) is 2. The van der Waals surface area contributed by atoms with Crippen molar-refractivity contribution in [3.63, 3.8) is 0 Å². The fourth-order valence-electron chi connectivity index (χ4n) is 4.17. The maximum atomic E-state index is 11.2. The van der Waals surface area contributed by atoms with Gasteiger partial charge in [0.15, 0.2) is 0 Å². The molecule has 4 nitrogen and oxygen atoms in total. The van der Waals surface area contributed by atoms with Gasteiger partial charge in [0, 0.05) is 0 Å². The normalized spacial score (nSPS) is 52.9. The molecule has 0 saturated heterocycles. The largest absolute Gasteiger partial charge is 0.481 e. The van der Waals surface area contributed by atoms with Crippen molar-refractivity contribution < 1.29 is 19.8 Å². The van der Waals surface area contributed by atoms with Crippen LogP contribution in [0.1, 0.15) is 25.7 Å². The van der Waals surface area contributed by atoms with Gasteiger partial charge in [-0.15, -0.1) is 0 Å². The average Bonchev–Trinajstić information content (AvgIpc) is 2.56. The zero-order chi connectivity index (χ0) is 10.1. The van der Waals surface area contributed by atoms with Crippen molar-refractivity contribution in [2.24, 2.45) is 22.7 Å². The van der Waals surface area contributed by atoms with E-state index in [2.05, 4.69) is 0 Å². The van der Waals surface area contributed by atoms with Crippen molar-refractivity contribution >= 4 is 11.9 Å². The second kappa shape index (κ2) is 1.97. The van der Waals surface area contributed by atoms with Crippen molar-refractivity contribution in [1.82, 2.24) is 0 Å². The Labute approximate surface area is 80.9 Å². The molecule has 0 unspecified atom stereocenters. The molecule has 14 heavy (non-hydrogen) atoms. The van der Waals surface area contributed by atoms with Crippen LogP contribution in [0.2, 0.25) is 0 Å². The summed E-state index contributed by atoms with van der Waals surface area (Å²) in [6.07, 6.45) is 3.01. The first-order valence-electron chi connectivity index (χ1n) is 5.02. The Hall–Kier alpha value is -1.06. The number of hydrogen-bond donors (Lipinski definition) is 2. The molecule has 2 bridgehead atoms. The topological polar surface area (TPSA) is 74.6 Å². The molecule has 3 saturated carbocycles. The first kappa shape index (κ1) is 8.26. The molecule has 3 rings (SSSR count). The van der Waals surface area contributed by atoms with E-state index >= 15 is 0 Å². The number of carboxylic acids is 2. The lowest BCUT2D eigenvalue weighted by Crippen LogP contribution is -2.34. The lowest BCUT2D eigenvalue weighted by Gasteiger charge is -2.23. The van der Waals surface area contributed by atoms with Crippen molar-refractivity contribution in [2.75, 3.05) is 0 Å². The molecule has 76 valence electrons. The Morgan fingerprint density at radius 2 is 1.43 bits per heavy atom. The highest BCUT2D eigenvalue weighted by atomic mass is 16.4. The van der Waals surface area contributed by atoms with Gasteiger partial charge in [0.2, 0.25) is 0 Å². The Bertz CT molecular complexity index is 318. The Kier molecular flexibility index (Phi) is 1.16. The Morgan fingerprint density at radius 1 is 1.00 bits per heavy atom. The maximum Gasteiger partial charge on any atom is 0.311 e. The minimum Gasteiger partial charge on any atom is -0.481 e. The first-order chi connectivity index (χ1) is 6.55. The van der Waals surface area contributed by atoms with E-state index in [4.69, 9.17) is 0 Å². The van der Waals surface area contributed by atoms with E-state index in [0.717, 1.165) is 19.3 Å². The summed E-state index contributed by atoms with van der Waals surface area (Å²) in [5.74, 6) is -1.51. The SMILES string of the molecule is O=C(O)[C@]12C[C@@]1(C(=O)O)[C@@H]1CC[C@H]2C1. The molecule has 3 aliphatic rings. The van der Waals surface area contributed by atoms with Gasteiger partial charge in [-0.05, 0) is 37.5 Å². The van der Waals surface area contributed by atoms with Crippen LogP contribution in [0, 0.1) is 22.7 Å². The van der Waals surface area contributed by atoms with Gasteiger partial charge < -0.3 is 10.2 Å². The van der Waals surface area contributed by atoms with Crippen molar-refractivity contribution in [3.8, 4) is 0 Å². The molecule has 0 aromatic rings. The molecule has 2 N–H and O–H groups in total. The van der Waals surface area contributed by atoms with E-state index in [1.807, 2.05) is 0 Å². The van der Waals surface area contributed by atoms with Crippen LogP contribution in [-0.2, 0) is 9.59 Å². The van der Waals surface area contributed by atoms with Crippen molar-refractivity contribution in [1.29, 1.82) is 0 Å². The number of fused-ring (bicyclic) bond motifs is 5. The van der Waals surface area contributed by atoms with Crippen LogP contribution >= 0.6 is 0 Å². The van der Waals surface area contributed by atoms with Gasteiger partial charge in [0.1, 0.15) is 0 Å². The fourth-order valence-corrected chi connectivity index (χ4v) is 4.17. The molecule has 4 heteroatoms. The minimum atomic E-state index is -0.887. The smallest absolute Gasteiger partial charge is 0.311 e. The van der Waals surface area contributed by atoms with Gasteiger partial charge in [0.05, 0.1) is 10.8 Å². The van der Waals surface area contributed by atoms with Crippen LogP contribution in [0.5, 0.6) is 0 Å². The second-order valence-electron chi connectivity index (χ2n) is 4.94. The molecule has 0 aliphatic heterocycles.